The second-order valence-corrected chi connectivity index (χ2v) is 11.1. The van der Waals surface area contributed by atoms with Gasteiger partial charge in [-0.1, -0.05) is 60.7 Å². The second kappa shape index (κ2) is 10.7. The first-order valence-electron chi connectivity index (χ1n) is 11.3. The Morgan fingerprint density at radius 3 is 1.13 bits per heavy atom. The van der Waals surface area contributed by atoms with Crippen LogP contribution in [-0.2, 0) is 13.1 Å². The van der Waals surface area contributed by atoms with Gasteiger partial charge in [0.2, 0.25) is 0 Å². The molecule has 5 nitrogen and oxygen atoms in total. The topological polar surface area (TPSA) is 40.5 Å². The largest absolute Gasteiger partial charge is 0.382 e. The highest BCUT2D eigenvalue weighted by Gasteiger charge is 2.31. The molecule has 0 aliphatic carbocycles. The van der Waals surface area contributed by atoms with E-state index in [4.69, 9.17) is 0 Å². The molecule has 2 aromatic rings. The highest BCUT2D eigenvalue weighted by molar-refractivity contribution is 5.14. The van der Waals surface area contributed by atoms with Crippen LogP contribution in [-0.4, -0.2) is 104 Å². The van der Waals surface area contributed by atoms with Crippen LogP contribution in [0.25, 0.3) is 0 Å². The summed E-state index contributed by atoms with van der Waals surface area (Å²) in [5.74, 6) is 0. The molecule has 0 spiro atoms. The van der Waals surface area contributed by atoms with Crippen molar-refractivity contribution in [3.63, 3.8) is 0 Å². The fourth-order valence-corrected chi connectivity index (χ4v) is 4.76. The third kappa shape index (κ3) is 9.93. The summed E-state index contributed by atoms with van der Waals surface area (Å²) in [6.45, 7) is 4.39. The lowest BCUT2D eigenvalue weighted by molar-refractivity contribution is -0.931. The summed E-state index contributed by atoms with van der Waals surface area (Å²) in [5, 5.41) is 21.6. The van der Waals surface area contributed by atoms with Gasteiger partial charge in [-0.15, -0.1) is 0 Å². The van der Waals surface area contributed by atoms with Crippen LogP contribution in [0.3, 0.4) is 0 Å². The Bertz CT molecular complexity index is 710. The van der Waals surface area contributed by atoms with Crippen LogP contribution in [0.1, 0.15) is 11.1 Å². The maximum atomic E-state index is 10.8. The van der Waals surface area contributed by atoms with Crippen molar-refractivity contribution >= 4 is 0 Å². The summed E-state index contributed by atoms with van der Waals surface area (Å²) in [5.41, 5.74) is 2.56. The van der Waals surface area contributed by atoms with Gasteiger partial charge in [0.15, 0.2) is 12.2 Å². The molecular weight excluding hydrogens is 386 g/mol. The van der Waals surface area contributed by atoms with Crippen LogP contribution in [0.5, 0.6) is 0 Å². The fraction of sp³-hybridized carbons (Fsp3) is 0.538. The van der Waals surface area contributed by atoms with E-state index in [-0.39, 0.29) is 0 Å². The average molecular weight is 431 g/mol. The molecule has 0 aliphatic heterocycles. The molecule has 0 fully saturated rings. The number of hydrogen-bond donors (Lipinski definition) is 2. The van der Waals surface area contributed by atoms with E-state index in [1.54, 1.807) is 0 Å². The molecule has 0 heterocycles. The van der Waals surface area contributed by atoms with Gasteiger partial charge in [0.05, 0.1) is 42.3 Å². The number of likely N-dealkylation sites (N-methyl/N-ethyl adjacent to an activating group) is 3. The van der Waals surface area contributed by atoms with Crippen molar-refractivity contribution in [2.45, 2.75) is 25.3 Å². The molecule has 0 bridgehead atoms. The number of benzene rings is 2. The molecule has 5 heteroatoms. The quantitative estimate of drug-likeness (QED) is 0.508. The zero-order valence-electron chi connectivity index (χ0n) is 20.4. The van der Waals surface area contributed by atoms with Crippen LogP contribution < -0.4 is 0 Å². The minimum Gasteiger partial charge on any atom is -0.382 e. The van der Waals surface area contributed by atoms with Gasteiger partial charge < -0.3 is 23.7 Å². The molecular formula is C26H44N3O2+3. The second-order valence-electron chi connectivity index (χ2n) is 11.1. The van der Waals surface area contributed by atoms with E-state index in [0.29, 0.717) is 30.7 Å². The Labute approximate surface area is 189 Å². The molecule has 172 valence electrons. The Hall–Kier alpha value is -1.76. The molecule has 2 N–H and O–H groups in total. The molecule has 0 aromatic heterocycles. The molecule has 0 radical (unpaired) electrons. The minimum absolute atomic E-state index is 0.423. The van der Waals surface area contributed by atoms with E-state index < -0.39 is 12.2 Å². The lowest BCUT2D eigenvalue weighted by Gasteiger charge is -2.38. The van der Waals surface area contributed by atoms with Gasteiger partial charge in [-0.25, -0.2) is 0 Å². The van der Waals surface area contributed by atoms with Gasteiger partial charge in [-0.3, -0.25) is 0 Å². The molecule has 2 atom stereocenters. The number of quaternary nitrogens is 3. The third-order valence-corrected chi connectivity index (χ3v) is 5.73. The number of aliphatic hydroxyl groups is 2. The van der Waals surface area contributed by atoms with Crippen molar-refractivity contribution in [1.29, 1.82) is 0 Å². The van der Waals surface area contributed by atoms with Gasteiger partial charge in [-0.05, 0) is 0 Å². The van der Waals surface area contributed by atoms with E-state index in [0.717, 1.165) is 22.1 Å². The van der Waals surface area contributed by atoms with Gasteiger partial charge in [0.25, 0.3) is 0 Å². The number of aliphatic hydroxyl groups excluding tert-OH is 2. The highest BCUT2D eigenvalue weighted by atomic mass is 16.3. The van der Waals surface area contributed by atoms with Crippen molar-refractivity contribution in [1.82, 2.24) is 0 Å². The van der Waals surface area contributed by atoms with E-state index in [9.17, 15) is 10.2 Å². The molecule has 0 amide bonds. The Morgan fingerprint density at radius 1 is 0.516 bits per heavy atom. The van der Waals surface area contributed by atoms with E-state index >= 15 is 0 Å². The summed E-state index contributed by atoms with van der Waals surface area (Å²) in [6, 6.07) is 20.9. The van der Waals surface area contributed by atoms with Crippen molar-refractivity contribution in [2.75, 3.05) is 68.5 Å². The standard InChI is InChI=1S/C26H44N3O2/c1-27(2,17-23-13-9-7-10-14-23)19-25(30)21-29(5,6)22-26(31)20-28(3,4)18-24-15-11-8-12-16-24/h7-16,25-26,30-31H,17-22H2,1-6H3/q+3. The maximum absolute atomic E-state index is 10.8. The van der Waals surface area contributed by atoms with Crippen molar-refractivity contribution < 1.29 is 23.7 Å². The Balaban J connectivity index is 1.85. The minimum atomic E-state index is -0.423. The number of rotatable bonds is 12. The molecule has 2 unspecified atom stereocenters. The molecule has 2 aromatic carbocycles. The van der Waals surface area contributed by atoms with E-state index in [2.05, 4.69) is 90.8 Å². The molecule has 0 aliphatic rings. The van der Waals surface area contributed by atoms with Gasteiger partial charge in [0.1, 0.15) is 39.3 Å². The lowest BCUT2D eigenvalue weighted by Crippen LogP contribution is -2.56. The van der Waals surface area contributed by atoms with Crippen LogP contribution in [0, 0.1) is 0 Å². The van der Waals surface area contributed by atoms with Crippen LogP contribution >= 0.6 is 0 Å². The van der Waals surface area contributed by atoms with E-state index in [1.807, 2.05) is 12.1 Å². The van der Waals surface area contributed by atoms with Crippen LogP contribution in [0.2, 0.25) is 0 Å². The predicted molar refractivity (Wildman–Crippen MR) is 128 cm³/mol. The Morgan fingerprint density at radius 2 is 0.806 bits per heavy atom. The summed E-state index contributed by atoms with van der Waals surface area (Å²) in [7, 11) is 12.8. The van der Waals surface area contributed by atoms with Crippen LogP contribution in [0.15, 0.2) is 60.7 Å². The molecule has 2 rings (SSSR count). The van der Waals surface area contributed by atoms with Crippen molar-refractivity contribution in [2.24, 2.45) is 0 Å². The smallest absolute Gasteiger partial charge is 0.152 e. The maximum Gasteiger partial charge on any atom is 0.152 e. The average Bonchev–Trinajstić information content (AvgIpc) is 2.59. The first-order valence-corrected chi connectivity index (χ1v) is 11.3. The summed E-state index contributed by atoms with van der Waals surface area (Å²) in [4.78, 5) is 0. The van der Waals surface area contributed by atoms with Crippen molar-refractivity contribution in [3.05, 3.63) is 71.8 Å². The fourth-order valence-electron chi connectivity index (χ4n) is 4.76. The lowest BCUT2D eigenvalue weighted by atomic mass is 10.1. The number of nitrogens with zero attached hydrogens (tertiary/aromatic N) is 3. The summed E-state index contributed by atoms with van der Waals surface area (Å²) < 4.78 is 2.06. The zero-order chi connectivity index (χ0) is 23.1. The first kappa shape index (κ1) is 25.5. The first-order chi connectivity index (χ1) is 14.4. The molecule has 0 saturated heterocycles. The summed E-state index contributed by atoms with van der Waals surface area (Å²) in [6.07, 6.45) is -0.847. The predicted octanol–water partition coefficient (Wildman–Crippen LogP) is 2.34. The van der Waals surface area contributed by atoms with Crippen LogP contribution in [0.4, 0.5) is 0 Å². The molecule has 31 heavy (non-hydrogen) atoms. The summed E-state index contributed by atoms with van der Waals surface area (Å²) >= 11 is 0. The molecule has 0 saturated carbocycles. The van der Waals surface area contributed by atoms with Gasteiger partial charge >= 0.3 is 0 Å². The SMILES string of the molecule is C[N+](C)(Cc1ccccc1)CC(O)C[N+](C)(C)CC(O)C[N+](C)(C)Cc1ccccc1. The highest BCUT2D eigenvalue weighted by Crippen LogP contribution is 2.14. The monoisotopic (exact) mass is 430 g/mol. The van der Waals surface area contributed by atoms with E-state index in [1.165, 1.54) is 11.1 Å². The third-order valence-electron chi connectivity index (χ3n) is 5.73. The van der Waals surface area contributed by atoms with Gasteiger partial charge in [-0.2, -0.15) is 0 Å². The zero-order valence-corrected chi connectivity index (χ0v) is 20.4. The number of hydrogen-bond acceptors (Lipinski definition) is 2. The van der Waals surface area contributed by atoms with Crippen molar-refractivity contribution in [3.8, 4) is 0 Å². The Kier molecular flexibility index (Phi) is 8.81. The normalized spacial score (nSPS) is 15.0. The van der Waals surface area contributed by atoms with Gasteiger partial charge in [0, 0.05) is 11.1 Å².